The number of hydrogen-bond acceptors (Lipinski definition) is 3. The van der Waals surface area contributed by atoms with Crippen LogP contribution in [-0.2, 0) is 0 Å². The lowest BCUT2D eigenvalue weighted by atomic mass is 10.1. The Morgan fingerprint density at radius 2 is 2.28 bits per heavy atom. The van der Waals surface area contributed by atoms with Crippen molar-refractivity contribution in [2.45, 2.75) is 32.7 Å². The van der Waals surface area contributed by atoms with Gasteiger partial charge in [0.25, 0.3) is 5.91 Å². The smallest absolute Gasteiger partial charge is 0.255 e. The summed E-state index contributed by atoms with van der Waals surface area (Å²) in [4.78, 5) is 18.3. The molecule has 0 unspecified atom stereocenters. The Morgan fingerprint density at radius 3 is 2.83 bits per heavy atom. The van der Waals surface area contributed by atoms with E-state index < -0.39 is 0 Å². The van der Waals surface area contributed by atoms with Crippen LogP contribution in [0.2, 0.25) is 5.02 Å². The normalized spacial score (nSPS) is 14.9. The highest BCUT2D eigenvalue weighted by Crippen LogP contribution is 2.30. The predicted octanol–water partition coefficient (Wildman–Crippen LogP) is 2.58. The third-order valence-corrected chi connectivity index (χ3v) is 3.22. The van der Waals surface area contributed by atoms with Gasteiger partial charge >= 0.3 is 0 Å². The summed E-state index contributed by atoms with van der Waals surface area (Å²) in [5.41, 5.74) is 6.07. The maximum atomic E-state index is 12.5. The SMILES string of the molecule is CC(C)CN(C(=O)c1cc(N)ncc1Cl)C1CC1. The molecule has 0 saturated heterocycles. The van der Waals surface area contributed by atoms with E-state index in [-0.39, 0.29) is 5.91 Å². The Balaban J connectivity index is 2.24. The standard InChI is InChI=1S/C13H18ClN3O/c1-8(2)7-17(9-3-4-9)13(18)10-5-12(15)16-6-11(10)14/h5-6,8-9H,3-4,7H2,1-2H3,(H2,15,16). The molecule has 4 nitrogen and oxygen atoms in total. The van der Waals surface area contributed by atoms with Crippen LogP contribution in [0.1, 0.15) is 37.0 Å². The number of pyridine rings is 1. The molecule has 0 spiro atoms. The highest BCUT2D eigenvalue weighted by Gasteiger charge is 2.34. The summed E-state index contributed by atoms with van der Waals surface area (Å²) in [7, 11) is 0. The van der Waals surface area contributed by atoms with E-state index in [2.05, 4.69) is 18.8 Å². The first kappa shape index (κ1) is 13.1. The first-order valence-corrected chi connectivity index (χ1v) is 6.59. The third kappa shape index (κ3) is 2.93. The monoisotopic (exact) mass is 267 g/mol. The Bertz CT molecular complexity index is 458. The molecule has 1 aromatic heterocycles. The summed E-state index contributed by atoms with van der Waals surface area (Å²) < 4.78 is 0. The number of hydrogen-bond donors (Lipinski definition) is 1. The molecule has 1 amide bonds. The Morgan fingerprint density at radius 1 is 1.61 bits per heavy atom. The lowest BCUT2D eigenvalue weighted by Gasteiger charge is -2.25. The fourth-order valence-electron chi connectivity index (χ4n) is 1.95. The van der Waals surface area contributed by atoms with Crippen LogP contribution in [0.5, 0.6) is 0 Å². The number of nitrogens with two attached hydrogens (primary N) is 1. The molecular formula is C13H18ClN3O. The van der Waals surface area contributed by atoms with E-state index in [0.29, 0.717) is 28.4 Å². The summed E-state index contributed by atoms with van der Waals surface area (Å²) in [6.45, 7) is 4.96. The number of carbonyl (C=O) groups is 1. The summed E-state index contributed by atoms with van der Waals surface area (Å²) >= 11 is 6.03. The molecule has 1 aliphatic rings. The van der Waals surface area contributed by atoms with Gasteiger partial charge < -0.3 is 10.6 Å². The molecule has 1 aromatic rings. The van der Waals surface area contributed by atoms with Crippen molar-refractivity contribution in [1.82, 2.24) is 9.88 Å². The number of aromatic nitrogens is 1. The van der Waals surface area contributed by atoms with Crippen LogP contribution >= 0.6 is 11.6 Å². The van der Waals surface area contributed by atoms with E-state index in [1.165, 1.54) is 6.20 Å². The van der Waals surface area contributed by atoms with Gasteiger partial charge in [0.15, 0.2) is 0 Å². The molecule has 0 bridgehead atoms. The van der Waals surface area contributed by atoms with E-state index in [0.717, 1.165) is 19.4 Å². The molecule has 0 radical (unpaired) electrons. The average Bonchev–Trinajstić information content (AvgIpc) is 3.12. The number of halogens is 1. The maximum absolute atomic E-state index is 12.5. The average molecular weight is 268 g/mol. The van der Waals surface area contributed by atoms with Crippen LogP contribution in [0, 0.1) is 5.92 Å². The number of nitrogen functional groups attached to an aromatic ring is 1. The van der Waals surface area contributed by atoms with Crippen molar-refractivity contribution >= 4 is 23.3 Å². The summed E-state index contributed by atoms with van der Waals surface area (Å²) in [6, 6.07) is 1.92. The topological polar surface area (TPSA) is 59.2 Å². The molecule has 1 aliphatic carbocycles. The van der Waals surface area contributed by atoms with Gasteiger partial charge in [0, 0.05) is 18.8 Å². The van der Waals surface area contributed by atoms with E-state index in [1.54, 1.807) is 6.07 Å². The van der Waals surface area contributed by atoms with E-state index in [1.807, 2.05) is 4.90 Å². The van der Waals surface area contributed by atoms with Crippen LogP contribution in [0.4, 0.5) is 5.82 Å². The number of amides is 1. The van der Waals surface area contributed by atoms with Gasteiger partial charge in [0.1, 0.15) is 5.82 Å². The summed E-state index contributed by atoms with van der Waals surface area (Å²) in [5, 5.41) is 0.364. The fourth-order valence-corrected chi connectivity index (χ4v) is 2.14. The molecule has 18 heavy (non-hydrogen) atoms. The zero-order valence-electron chi connectivity index (χ0n) is 10.7. The fraction of sp³-hybridized carbons (Fsp3) is 0.538. The Kier molecular flexibility index (Phi) is 3.76. The van der Waals surface area contributed by atoms with Gasteiger partial charge in [-0.2, -0.15) is 0 Å². The number of rotatable bonds is 4. The van der Waals surface area contributed by atoms with Crippen LogP contribution in [0.25, 0.3) is 0 Å². The number of nitrogens with zero attached hydrogens (tertiary/aromatic N) is 2. The van der Waals surface area contributed by atoms with Crippen LogP contribution in [0.15, 0.2) is 12.3 Å². The molecule has 5 heteroatoms. The van der Waals surface area contributed by atoms with Crippen LogP contribution in [-0.4, -0.2) is 28.4 Å². The molecule has 98 valence electrons. The molecule has 2 rings (SSSR count). The highest BCUT2D eigenvalue weighted by molar-refractivity contribution is 6.33. The van der Waals surface area contributed by atoms with Gasteiger partial charge in [0.05, 0.1) is 10.6 Å². The first-order valence-electron chi connectivity index (χ1n) is 6.21. The molecule has 1 saturated carbocycles. The zero-order valence-corrected chi connectivity index (χ0v) is 11.4. The van der Waals surface area contributed by atoms with Crippen molar-refractivity contribution in [2.75, 3.05) is 12.3 Å². The van der Waals surface area contributed by atoms with Crippen LogP contribution < -0.4 is 5.73 Å². The van der Waals surface area contributed by atoms with E-state index in [9.17, 15) is 4.79 Å². The second kappa shape index (κ2) is 5.14. The molecule has 0 atom stereocenters. The van der Waals surface area contributed by atoms with Gasteiger partial charge in [-0.25, -0.2) is 4.98 Å². The number of anilines is 1. The third-order valence-electron chi connectivity index (χ3n) is 2.92. The summed E-state index contributed by atoms with van der Waals surface area (Å²) in [5.74, 6) is 0.723. The molecule has 1 heterocycles. The Labute approximate surface area is 112 Å². The maximum Gasteiger partial charge on any atom is 0.255 e. The van der Waals surface area contributed by atoms with Gasteiger partial charge in [-0.3, -0.25) is 4.79 Å². The minimum absolute atomic E-state index is 0.0368. The van der Waals surface area contributed by atoms with Crippen molar-refractivity contribution < 1.29 is 4.79 Å². The quantitative estimate of drug-likeness (QED) is 0.912. The van der Waals surface area contributed by atoms with Crippen molar-refractivity contribution in [1.29, 1.82) is 0 Å². The van der Waals surface area contributed by atoms with Crippen molar-refractivity contribution in [3.63, 3.8) is 0 Å². The molecule has 1 fully saturated rings. The van der Waals surface area contributed by atoms with Gasteiger partial charge in [-0.1, -0.05) is 25.4 Å². The molecule has 2 N–H and O–H groups in total. The largest absolute Gasteiger partial charge is 0.384 e. The zero-order chi connectivity index (χ0) is 13.3. The minimum Gasteiger partial charge on any atom is -0.384 e. The molecular weight excluding hydrogens is 250 g/mol. The van der Waals surface area contributed by atoms with E-state index >= 15 is 0 Å². The van der Waals surface area contributed by atoms with Crippen LogP contribution in [0.3, 0.4) is 0 Å². The van der Waals surface area contributed by atoms with E-state index in [4.69, 9.17) is 17.3 Å². The number of carbonyl (C=O) groups excluding carboxylic acids is 1. The second-order valence-corrected chi connectivity index (χ2v) is 5.58. The lowest BCUT2D eigenvalue weighted by molar-refractivity contribution is 0.0722. The van der Waals surface area contributed by atoms with Crippen molar-refractivity contribution in [2.24, 2.45) is 5.92 Å². The molecule has 0 aliphatic heterocycles. The van der Waals surface area contributed by atoms with Gasteiger partial charge in [0.2, 0.25) is 0 Å². The minimum atomic E-state index is -0.0368. The highest BCUT2D eigenvalue weighted by atomic mass is 35.5. The lowest BCUT2D eigenvalue weighted by Crippen LogP contribution is -2.36. The first-order chi connectivity index (χ1) is 8.49. The second-order valence-electron chi connectivity index (χ2n) is 5.17. The van der Waals surface area contributed by atoms with Crippen molar-refractivity contribution in [3.05, 3.63) is 22.8 Å². The molecule has 0 aromatic carbocycles. The van der Waals surface area contributed by atoms with Gasteiger partial charge in [-0.05, 0) is 24.8 Å². The Hall–Kier alpha value is -1.29. The van der Waals surface area contributed by atoms with Crippen molar-refractivity contribution in [3.8, 4) is 0 Å². The predicted molar refractivity (Wildman–Crippen MR) is 72.6 cm³/mol. The summed E-state index contributed by atoms with van der Waals surface area (Å²) in [6.07, 6.45) is 3.60. The van der Waals surface area contributed by atoms with Gasteiger partial charge in [-0.15, -0.1) is 0 Å².